The van der Waals surface area contributed by atoms with Crippen LogP contribution in [0.4, 0.5) is 4.39 Å². The standard InChI is InChI=1S/C31H33BrFNO3S/c1-19-12-14-21(15-13-19)38(36,37)34-18-23(22-10-8-9-11-26(22)34)27(32)28(33)20-16-24(30(2,3)4)29(35)25(17-20)31(5,6)7/h8-18,35H,1-7H3/b28-27-. The largest absolute Gasteiger partial charge is 0.507 e. The Kier molecular flexibility index (Phi) is 7.17. The lowest BCUT2D eigenvalue weighted by atomic mass is 9.78. The Morgan fingerprint density at radius 2 is 1.42 bits per heavy atom. The maximum absolute atomic E-state index is 16.3. The number of rotatable bonds is 4. The van der Waals surface area contributed by atoms with E-state index in [2.05, 4.69) is 15.9 Å². The summed E-state index contributed by atoms with van der Waals surface area (Å²) >= 11 is 3.46. The SMILES string of the molecule is Cc1ccc(S(=O)(=O)n2cc(/C(Br)=C(/F)c3cc(C(C)(C)C)c(O)c(C(C)(C)C)c3)c3ccccc32)cc1. The van der Waals surface area contributed by atoms with Gasteiger partial charge in [0.05, 0.1) is 14.9 Å². The van der Waals surface area contributed by atoms with Crippen molar-refractivity contribution in [3.8, 4) is 5.75 Å². The summed E-state index contributed by atoms with van der Waals surface area (Å²) in [7, 11) is -3.93. The molecule has 0 aliphatic carbocycles. The highest BCUT2D eigenvalue weighted by Gasteiger charge is 2.29. The summed E-state index contributed by atoms with van der Waals surface area (Å²) in [4.78, 5) is 0.152. The van der Waals surface area contributed by atoms with Crippen molar-refractivity contribution in [1.29, 1.82) is 0 Å². The van der Waals surface area contributed by atoms with E-state index >= 15 is 4.39 Å². The summed E-state index contributed by atoms with van der Waals surface area (Å²) in [5.41, 5.74) is 2.55. The van der Waals surface area contributed by atoms with Gasteiger partial charge in [-0.05, 0) is 64.0 Å². The summed E-state index contributed by atoms with van der Waals surface area (Å²) in [6.45, 7) is 13.7. The van der Waals surface area contributed by atoms with Crippen molar-refractivity contribution in [2.75, 3.05) is 0 Å². The van der Waals surface area contributed by atoms with Gasteiger partial charge in [0.15, 0.2) is 0 Å². The fourth-order valence-electron chi connectivity index (χ4n) is 4.50. The zero-order valence-electron chi connectivity index (χ0n) is 22.7. The van der Waals surface area contributed by atoms with Crippen LogP contribution in [0.15, 0.2) is 71.8 Å². The number of phenolic OH excluding ortho intramolecular Hbond substituents is 1. The average molecular weight is 599 g/mol. The molecule has 0 atom stereocenters. The van der Waals surface area contributed by atoms with E-state index in [1.165, 1.54) is 10.2 Å². The van der Waals surface area contributed by atoms with Gasteiger partial charge >= 0.3 is 0 Å². The topological polar surface area (TPSA) is 59.3 Å². The molecule has 0 unspecified atom stereocenters. The molecule has 1 aromatic heterocycles. The number of phenols is 1. The van der Waals surface area contributed by atoms with E-state index < -0.39 is 26.7 Å². The van der Waals surface area contributed by atoms with Crippen molar-refractivity contribution < 1.29 is 17.9 Å². The molecule has 3 aromatic carbocycles. The van der Waals surface area contributed by atoms with E-state index in [4.69, 9.17) is 0 Å². The van der Waals surface area contributed by atoms with E-state index in [1.807, 2.05) is 48.5 Å². The maximum atomic E-state index is 16.3. The molecule has 0 aliphatic rings. The summed E-state index contributed by atoms with van der Waals surface area (Å²) in [6.07, 6.45) is 1.46. The van der Waals surface area contributed by atoms with Gasteiger partial charge in [0.1, 0.15) is 11.6 Å². The fraction of sp³-hybridized carbons (Fsp3) is 0.290. The Labute approximate surface area is 233 Å². The van der Waals surface area contributed by atoms with Gasteiger partial charge in [0.2, 0.25) is 0 Å². The molecule has 1 N–H and O–H groups in total. The number of fused-ring (bicyclic) bond motifs is 1. The van der Waals surface area contributed by atoms with Crippen LogP contribution in [-0.4, -0.2) is 17.5 Å². The monoisotopic (exact) mass is 597 g/mol. The zero-order chi connectivity index (χ0) is 28.2. The molecule has 0 spiro atoms. The Bertz CT molecular complexity index is 1630. The Balaban J connectivity index is 1.97. The molecule has 0 radical (unpaired) electrons. The number of halogens is 2. The number of hydrogen-bond donors (Lipinski definition) is 1. The van der Waals surface area contributed by atoms with Gasteiger partial charge in [-0.3, -0.25) is 0 Å². The van der Waals surface area contributed by atoms with Gasteiger partial charge in [0, 0.05) is 33.8 Å². The maximum Gasteiger partial charge on any atom is 0.268 e. The summed E-state index contributed by atoms with van der Waals surface area (Å²) in [5, 5.41) is 11.7. The smallest absolute Gasteiger partial charge is 0.268 e. The Morgan fingerprint density at radius 1 is 0.895 bits per heavy atom. The number of aromatic hydroxyl groups is 1. The molecule has 0 bridgehead atoms. The molecular formula is C31H33BrFNO3S. The van der Waals surface area contributed by atoms with Gasteiger partial charge < -0.3 is 5.11 Å². The lowest BCUT2D eigenvalue weighted by molar-refractivity contribution is 0.423. The minimum Gasteiger partial charge on any atom is -0.507 e. The van der Waals surface area contributed by atoms with Gasteiger partial charge in [-0.2, -0.15) is 0 Å². The van der Waals surface area contributed by atoms with Crippen LogP contribution in [0.5, 0.6) is 5.75 Å². The molecule has 0 fully saturated rings. The average Bonchev–Trinajstić information content (AvgIpc) is 3.22. The first-order valence-corrected chi connectivity index (χ1v) is 14.6. The van der Waals surface area contributed by atoms with Gasteiger partial charge in [-0.25, -0.2) is 16.8 Å². The highest BCUT2D eigenvalue weighted by Crippen LogP contribution is 2.44. The van der Waals surface area contributed by atoms with Crippen LogP contribution in [0, 0.1) is 6.92 Å². The van der Waals surface area contributed by atoms with Crippen LogP contribution in [-0.2, 0) is 20.9 Å². The third-order valence-corrected chi connectivity index (χ3v) is 9.13. The number of nitrogens with zero attached hydrogens (tertiary/aromatic N) is 1. The van der Waals surface area contributed by atoms with Crippen molar-refractivity contribution in [3.63, 3.8) is 0 Å². The van der Waals surface area contributed by atoms with Crippen LogP contribution in [0.3, 0.4) is 0 Å². The molecule has 200 valence electrons. The second-order valence-electron chi connectivity index (χ2n) is 11.7. The Morgan fingerprint density at radius 3 is 1.95 bits per heavy atom. The molecule has 38 heavy (non-hydrogen) atoms. The van der Waals surface area contributed by atoms with E-state index in [1.54, 1.807) is 60.7 Å². The van der Waals surface area contributed by atoms with Crippen LogP contribution in [0.1, 0.15) is 69.4 Å². The van der Waals surface area contributed by atoms with Crippen molar-refractivity contribution >= 4 is 47.2 Å². The van der Waals surface area contributed by atoms with Gasteiger partial charge in [0.25, 0.3) is 10.0 Å². The van der Waals surface area contributed by atoms with Crippen molar-refractivity contribution in [3.05, 3.63) is 94.7 Å². The second kappa shape index (κ2) is 9.69. The first-order chi connectivity index (χ1) is 17.5. The van der Waals surface area contributed by atoms with Gasteiger partial charge in [-0.15, -0.1) is 0 Å². The molecule has 7 heteroatoms. The number of benzene rings is 3. The fourth-order valence-corrected chi connectivity index (χ4v) is 6.41. The van der Waals surface area contributed by atoms with Crippen LogP contribution in [0.2, 0.25) is 0 Å². The lowest BCUT2D eigenvalue weighted by Crippen LogP contribution is -2.17. The van der Waals surface area contributed by atoms with Crippen LogP contribution >= 0.6 is 15.9 Å². The quantitative estimate of drug-likeness (QED) is 0.256. The first-order valence-electron chi connectivity index (χ1n) is 12.4. The van der Waals surface area contributed by atoms with E-state index in [-0.39, 0.29) is 15.1 Å². The van der Waals surface area contributed by atoms with Gasteiger partial charge in [-0.1, -0.05) is 77.4 Å². The molecule has 0 amide bonds. The number of para-hydroxylation sites is 1. The predicted molar refractivity (Wildman–Crippen MR) is 158 cm³/mol. The van der Waals surface area contributed by atoms with Crippen molar-refractivity contribution in [1.82, 2.24) is 3.97 Å². The number of aromatic nitrogens is 1. The third kappa shape index (κ3) is 5.06. The highest BCUT2D eigenvalue weighted by molar-refractivity contribution is 9.15. The molecule has 4 nitrogen and oxygen atoms in total. The molecule has 4 aromatic rings. The highest BCUT2D eigenvalue weighted by atomic mass is 79.9. The normalized spacial score (nSPS) is 13.6. The third-order valence-electron chi connectivity index (χ3n) is 6.66. The molecule has 1 heterocycles. The van der Waals surface area contributed by atoms with Crippen LogP contribution in [0.25, 0.3) is 21.2 Å². The van der Waals surface area contributed by atoms with E-state index in [9.17, 15) is 13.5 Å². The van der Waals surface area contributed by atoms with Crippen molar-refractivity contribution in [2.45, 2.75) is 64.2 Å². The molecule has 0 saturated carbocycles. The van der Waals surface area contributed by atoms with E-state index in [0.29, 0.717) is 33.2 Å². The number of hydrogen-bond acceptors (Lipinski definition) is 3. The molecular weight excluding hydrogens is 565 g/mol. The van der Waals surface area contributed by atoms with Crippen LogP contribution < -0.4 is 0 Å². The minimum absolute atomic E-state index is 0.136. The summed E-state index contributed by atoms with van der Waals surface area (Å²) in [6, 6.07) is 17.0. The zero-order valence-corrected chi connectivity index (χ0v) is 25.1. The second-order valence-corrected chi connectivity index (χ2v) is 14.3. The predicted octanol–water partition coefficient (Wildman–Crippen LogP) is 8.68. The Hall–Kier alpha value is -2.90. The molecule has 4 rings (SSSR count). The summed E-state index contributed by atoms with van der Waals surface area (Å²) in [5.74, 6) is -0.380. The number of aryl methyl sites for hydroxylation is 1. The minimum atomic E-state index is -3.93. The molecule has 0 saturated heterocycles. The van der Waals surface area contributed by atoms with Crippen molar-refractivity contribution in [2.24, 2.45) is 0 Å². The lowest BCUT2D eigenvalue weighted by Gasteiger charge is -2.28. The first kappa shape index (κ1) is 28.1. The summed E-state index contributed by atoms with van der Waals surface area (Å²) < 4.78 is 44.8. The van der Waals surface area contributed by atoms with E-state index in [0.717, 1.165) is 5.56 Å². The molecule has 0 aliphatic heterocycles.